The number of ether oxygens (including phenoxy) is 1. The first-order chi connectivity index (χ1) is 10.5. The van der Waals surface area contributed by atoms with Gasteiger partial charge in [0.15, 0.2) is 0 Å². The van der Waals surface area contributed by atoms with E-state index >= 15 is 0 Å². The molecule has 0 aromatic heterocycles. The van der Waals surface area contributed by atoms with Gasteiger partial charge < -0.3 is 9.64 Å². The monoisotopic (exact) mass is 297 g/mol. The molecule has 0 amide bonds. The maximum absolute atomic E-state index is 6.28. The molecule has 0 aliphatic carbocycles. The van der Waals surface area contributed by atoms with Gasteiger partial charge in [-0.2, -0.15) is 0 Å². The molecule has 0 saturated carbocycles. The van der Waals surface area contributed by atoms with E-state index in [0.717, 1.165) is 13.2 Å². The predicted molar refractivity (Wildman–Crippen MR) is 93.4 cm³/mol. The summed E-state index contributed by atoms with van der Waals surface area (Å²) in [5, 5.41) is 0. The van der Waals surface area contributed by atoms with Crippen molar-refractivity contribution in [2.45, 2.75) is 26.9 Å². The number of benzene rings is 2. The summed E-state index contributed by atoms with van der Waals surface area (Å²) in [6, 6.07) is 15.0. The Morgan fingerprint density at radius 1 is 0.955 bits per heavy atom. The van der Waals surface area contributed by atoms with Crippen molar-refractivity contribution in [1.82, 2.24) is 4.90 Å². The summed E-state index contributed by atoms with van der Waals surface area (Å²) in [4.78, 5) is 2.15. The van der Waals surface area contributed by atoms with Crippen LogP contribution in [0.25, 0.3) is 0 Å². The standard InChI is InChI=1S/C20H27NO/c1-15-13-16(2)19(17(3)14-15)20(22-12-11-21(4)5)18-9-7-6-8-10-18/h6-10,13-14,20H,11-12H2,1-5H3. The van der Waals surface area contributed by atoms with Crippen LogP contribution < -0.4 is 0 Å². The van der Waals surface area contributed by atoms with Crippen LogP contribution in [0.5, 0.6) is 0 Å². The minimum Gasteiger partial charge on any atom is -0.367 e. The largest absolute Gasteiger partial charge is 0.367 e. The maximum atomic E-state index is 6.28. The highest BCUT2D eigenvalue weighted by atomic mass is 16.5. The van der Waals surface area contributed by atoms with Crippen LogP contribution in [0.4, 0.5) is 0 Å². The van der Waals surface area contributed by atoms with Crippen LogP contribution >= 0.6 is 0 Å². The minimum absolute atomic E-state index is 0.00162. The molecule has 0 spiro atoms. The Hall–Kier alpha value is -1.64. The van der Waals surface area contributed by atoms with Crippen molar-refractivity contribution < 1.29 is 4.74 Å². The Morgan fingerprint density at radius 2 is 1.55 bits per heavy atom. The molecule has 0 fully saturated rings. The van der Waals surface area contributed by atoms with Gasteiger partial charge in [-0.15, -0.1) is 0 Å². The topological polar surface area (TPSA) is 12.5 Å². The molecule has 0 heterocycles. The summed E-state index contributed by atoms with van der Waals surface area (Å²) >= 11 is 0. The van der Waals surface area contributed by atoms with E-state index in [1.165, 1.54) is 27.8 Å². The zero-order valence-electron chi connectivity index (χ0n) is 14.4. The zero-order valence-corrected chi connectivity index (χ0v) is 14.4. The van der Waals surface area contributed by atoms with Crippen molar-refractivity contribution in [2.24, 2.45) is 0 Å². The predicted octanol–water partition coefficient (Wildman–Crippen LogP) is 4.28. The van der Waals surface area contributed by atoms with Crippen LogP contribution in [0, 0.1) is 20.8 Å². The zero-order chi connectivity index (χ0) is 16.1. The smallest absolute Gasteiger partial charge is 0.108 e. The average Bonchev–Trinajstić information content (AvgIpc) is 2.45. The van der Waals surface area contributed by atoms with Crippen molar-refractivity contribution >= 4 is 0 Å². The summed E-state index contributed by atoms with van der Waals surface area (Å²) in [5.74, 6) is 0. The summed E-state index contributed by atoms with van der Waals surface area (Å²) in [5.41, 5.74) is 6.43. The highest BCUT2D eigenvalue weighted by Crippen LogP contribution is 2.31. The van der Waals surface area contributed by atoms with Crippen molar-refractivity contribution in [3.63, 3.8) is 0 Å². The van der Waals surface area contributed by atoms with E-state index in [9.17, 15) is 0 Å². The molecule has 0 saturated heterocycles. The fourth-order valence-corrected chi connectivity index (χ4v) is 2.93. The van der Waals surface area contributed by atoms with Crippen LogP contribution in [0.1, 0.15) is 33.9 Å². The van der Waals surface area contributed by atoms with Crippen LogP contribution in [-0.2, 0) is 4.74 Å². The van der Waals surface area contributed by atoms with E-state index in [0.29, 0.717) is 0 Å². The first-order valence-electron chi connectivity index (χ1n) is 7.88. The van der Waals surface area contributed by atoms with Gasteiger partial charge in [-0.05, 0) is 57.1 Å². The molecule has 2 rings (SSSR count). The van der Waals surface area contributed by atoms with Gasteiger partial charge in [0.2, 0.25) is 0 Å². The first-order valence-corrected chi connectivity index (χ1v) is 7.88. The summed E-state index contributed by atoms with van der Waals surface area (Å²) in [7, 11) is 4.15. The normalized spacial score (nSPS) is 12.6. The number of nitrogens with zero attached hydrogens (tertiary/aromatic N) is 1. The Kier molecular flexibility index (Phi) is 5.76. The molecule has 1 unspecified atom stereocenters. The van der Waals surface area contributed by atoms with Crippen LogP contribution in [0.15, 0.2) is 42.5 Å². The lowest BCUT2D eigenvalue weighted by Crippen LogP contribution is -2.20. The van der Waals surface area contributed by atoms with Crippen LogP contribution in [0.2, 0.25) is 0 Å². The third-order valence-corrected chi connectivity index (χ3v) is 3.93. The van der Waals surface area contributed by atoms with Gasteiger partial charge in [0.1, 0.15) is 6.10 Å². The lowest BCUT2D eigenvalue weighted by Gasteiger charge is -2.24. The Labute approximate surface area is 134 Å². The number of hydrogen-bond acceptors (Lipinski definition) is 2. The van der Waals surface area contributed by atoms with Gasteiger partial charge in [0, 0.05) is 6.54 Å². The molecule has 22 heavy (non-hydrogen) atoms. The highest BCUT2D eigenvalue weighted by molar-refractivity contribution is 5.43. The fraction of sp³-hybridized carbons (Fsp3) is 0.400. The number of likely N-dealkylation sites (N-methyl/N-ethyl adjacent to an activating group) is 1. The molecule has 0 aliphatic rings. The second-order valence-electron chi connectivity index (χ2n) is 6.28. The molecule has 2 heteroatoms. The van der Waals surface area contributed by atoms with Crippen molar-refractivity contribution in [3.8, 4) is 0 Å². The molecule has 0 N–H and O–H groups in total. The van der Waals surface area contributed by atoms with Crippen molar-refractivity contribution in [3.05, 3.63) is 70.3 Å². The molecule has 0 bridgehead atoms. The minimum atomic E-state index is 0.00162. The molecule has 2 aromatic rings. The molecule has 0 aliphatic heterocycles. The van der Waals surface area contributed by atoms with Gasteiger partial charge in [-0.1, -0.05) is 48.0 Å². The highest BCUT2D eigenvalue weighted by Gasteiger charge is 2.19. The van der Waals surface area contributed by atoms with Gasteiger partial charge in [-0.25, -0.2) is 0 Å². The molecule has 2 nitrogen and oxygen atoms in total. The Bertz CT molecular complexity index is 581. The number of aryl methyl sites for hydroxylation is 3. The lowest BCUT2D eigenvalue weighted by atomic mass is 9.92. The molecule has 118 valence electrons. The SMILES string of the molecule is Cc1cc(C)c(C(OCCN(C)C)c2ccccc2)c(C)c1. The molecule has 0 radical (unpaired) electrons. The second kappa shape index (κ2) is 7.57. The van der Waals surface area contributed by atoms with E-state index < -0.39 is 0 Å². The van der Waals surface area contributed by atoms with Gasteiger partial charge in [-0.3, -0.25) is 0 Å². The molecule has 1 atom stereocenters. The molecular weight excluding hydrogens is 270 g/mol. The lowest BCUT2D eigenvalue weighted by molar-refractivity contribution is 0.0680. The molecular formula is C20H27NO. The summed E-state index contributed by atoms with van der Waals surface area (Å²) in [6.07, 6.45) is 0.00162. The third kappa shape index (κ3) is 4.19. The third-order valence-electron chi connectivity index (χ3n) is 3.93. The van der Waals surface area contributed by atoms with E-state index in [-0.39, 0.29) is 6.10 Å². The van der Waals surface area contributed by atoms with Crippen LogP contribution in [-0.4, -0.2) is 32.1 Å². The maximum Gasteiger partial charge on any atom is 0.108 e. The summed E-state index contributed by atoms with van der Waals surface area (Å²) in [6.45, 7) is 8.15. The van der Waals surface area contributed by atoms with Gasteiger partial charge in [0.25, 0.3) is 0 Å². The van der Waals surface area contributed by atoms with E-state index in [1.54, 1.807) is 0 Å². The molecule has 2 aromatic carbocycles. The van der Waals surface area contributed by atoms with Crippen LogP contribution in [0.3, 0.4) is 0 Å². The van der Waals surface area contributed by atoms with Crippen molar-refractivity contribution in [2.75, 3.05) is 27.2 Å². The second-order valence-corrected chi connectivity index (χ2v) is 6.28. The Balaban J connectivity index is 2.36. The summed E-state index contributed by atoms with van der Waals surface area (Å²) < 4.78 is 6.28. The van der Waals surface area contributed by atoms with E-state index in [1.807, 2.05) is 0 Å². The Morgan fingerprint density at radius 3 is 2.09 bits per heavy atom. The van der Waals surface area contributed by atoms with E-state index in [2.05, 4.69) is 82.2 Å². The fourth-order valence-electron chi connectivity index (χ4n) is 2.93. The quantitative estimate of drug-likeness (QED) is 0.789. The first kappa shape index (κ1) is 16.7. The van der Waals surface area contributed by atoms with Gasteiger partial charge >= 0.3 is 0 Å². The average molecular weight is 297 g/mol. The van der Waals surface area contributed by atoms with E-state index in [4.69, 9.17) is 4.74 Å². The number of hydrogen-bond donors (Lipinski definition) is 0. The number of rotatable bonds is 6. The van der Waals surface area contributed by atoms with Crippen molar-refractivity contribution in [1.29, 1.82) is 0 Å². The van der Waals surface area contributed by atoms with Gasteiger partial charge in [0.05, 0.1) is 6.61 Å².